The molecular formula is C13H15BrF2N2. The fourth-order valence-corrected chi connectivity index (χ4v) is 2.73. The Hall–Kier alpha value is -0.780. The van der Waals surface area contributed by atoms with Gasteiger partial charge >= 0.3 is 0 Å². The van der Waals surface area contributed by atoms with Crippen molar-refractivity contribution in [3.63, 3.8) is 0 Å². The zero-order valence-electron chi connectivity index (χ0n) is 9.85. The predicted molar refractivity (Wildman–Crippen MR) is 70.7 cm³/mol. The lowest BCUT2D eigenvalue weighted by atomic mass is 9.90. The Morgan fingerprint density at radius 2 is 1.89 bits per heavy atom. The third kappa shape index (κ3) is 2.79. The Morgan fingerprint density at radius 1 is 1.22 bits per heavy atom. The third-order valence-corrected chi connectivity index (χ3v) is 3.65. The number of benzene rings is 1. The lowest BCUT2D eigenvalue weighted by molar-refractivity contribution is 0.489. The number of rotatable bonds is 3. The van der Waals surface area contributed by atoms with Gasteiger partial charge in [0.2, 0.25) is 0 Å². The molecule has 0 radical (unpaired) electrons. The van der Waals surface area contributed by atoms with E-state index in [4.69, 9.17) is 5.84 Å². The van der Waals surface area contributed by atoms with Crippen LogP contribution in [-0.2, 0) is 0 Å². The Morgan fingerprint density at radius 3 is 2.39 bits per heavy atom. The minimum Gasteiger partial charge on any atom is -0.271 e. The van der Waals surface area contributed by atoms with E-state index in [1.807, 2.05) is 6.08 Å². The first-order valence-corrected chi connectivity index (χ1v) is 6.72. The van der Waals surface area contributed by atoms with Gasteiger partial charge in [-0.15, -0.1) is 0 Å². The second-order valence-electron chi connectivity index (χ2n) is 4.41. The molecule has 1 aliphatic carbocycles. The highest BCUT2D eigenvalue weighted by Crippen LogP contribution is 2.33. The highest BCUT2D eigenvalue weighted by atomic mass is 79.9. The van der Waals surface area contributed by atoms with Crippen LogP contribution >= 0.6 is 15.9 Å². The van der Waals surface area contributed by atoms with E-state index in [2.05, 4.69) is 21.4 Å². The molecule has 0 fully saturated rings. The molecule has 2 nitrogen and oxygen atoms in total. The first-order valence-electron chi connectivity index (χ1n) is 5.93. The lowest BCUT2D eigenvalue weighted by Crippen LogP contribution is -2.31. The van der Waals surface area contributed by atoms with Crippen LogP contribution in [0.3, 0.4) is 0 Å². The van der Waals surface area contributed by atoms with Crippen molar-refractivity contribution in [3.8, 4) is 0 Å². The zero-order chi connectivity index (χ0) is 13.1. The lowest BCUT2D eigenvalue weighted by Gasteiger charge is -2.23. The monoisotopic (exact) mass is 316 g/mol. The molecule has 5 heteroatoms. The van der Waals surface area contributed by atoms with Crippen molar-refractivity contribution >= 4 is 15.9 Å². The minimum atomic E-state index is -0.587. The van der Waals surface area contributed by atoms with Crippen LogP contribution in [0.15, 0.2) is 28.3 Å². The van der Waals surface area contributed by atoms with Crippen LogP contribution < -0.4 is 11.3 Å². The van der Waals surface area contributed by atoms with E-state index in [-0.39, 0.29) is 5.56 Å². The fourth-order valence-electron chi connectivity index (χ4n) is 2.33. The Balaban J connectivity index is 2.41. The predicted octanol–water partition coefficient (Wildman–Crippen LogP) is 3.73. The van der Waals surface area contributed by atoms with Gasteiger partial charge in [-0.2, -0.15) is 0 Å². The van der Waals surface area contributed by atoms with E-state index in [1.165, 1.54) is 12.1 Å². The van der Waals surface area contributed by atoms with E-state index in [9.17, 15) is 8.78 Å². The summed E-state index contributed by atoms with van der Waals surface area (Å²) in [5.74, 6) is 4.30. The quantitative estimate of drug-likeness (QED) is 0.506. The molecule has 1 aromatic carbocycles. The number of nitrogens with two attached hydrogens (primary N) is 1. The van der Waals surface area contributed by atoms with Crippen LogP contribution in [0.25, 0.3) is 0 Å². The molecule has 0 saturated heterocycles. The summed E-state index contributed by atoms with van der Waals surface area (Å²) in [5, 5.41) is 0. The molecule has 0 aliphatic heterocycles. The Bertz CT molecular complexity index is 451. The summed E-state index contributed by atoms with van der Waals surface area (Å²) < 4.78 is 28.2. The number of hydrazine groups is 1. The van der Waals surface area contributed by atoms with Crippen molar-refractivity contribution in [2.75, 3.05) is 0 Å². The molecule has 0 aromatic heterocycles. The first kappa shape index (κ1) is 13.6. The standard InChI is InChI=1S/C13H15BrF2N2/c14-9-6-10(15)12(11(16)7-9)13(18-17)8-4-2-1-3-5-8/h4,6-7,13,18H,1-3,5,17H2. The van der Waals surface area contributed by atoms with E-state index in [0.717, 1.165) is 31.3 Å². The molecule has 0 bridgehead atoms. The number of allylic oxidation sites excluding steroid dienone is 1. The number of hydrogen-bond acceptors (Lipinski definition) is 2. The van der Waals surface area contributed by atoms with Crippen molar-refractivity contribution in [1.29, 1.82) is 0 Å². The van der Waals surface area contributed by atoms with Gasteiger partial charge in [-0.05, 0) is 37.8 Å². The summed E-state index contributed by atoms with van der Waals surface area (Å²) in [5.41, 5.74) is 3.48. The topological polar surface area (TPSA) is 38.0 Å². The maximum Gasteiger partial charge on any atom is 0.132 e. The summed E-state index contributed by atoms with van der Waals surface area (Å²) in [6.45, 7) is 0. The van der Waals surface area contributed by atoms with Gasteiger partial charge in [0.05, 0.1) is 6.04 Å². The van der Waals surface area contributed by atoms with Gasteiger partial charge in [-0.25, -0.2) is 14.2 Å². The molecule has 1 unspecified atom stereocenters. The molecule has 0 spiro atoms. The average Bonchev–Trinajstić information content (AvgIpc) is 2.34. The highest BCUT2D eigenvalue weighted by molar-refractivity contribution is 9.10. The van der Waals surface area contributed by atoms with Gasteiger partial charge in [0.15, 0.2) is 0 Å². The second kappa shape index (κ2) is 5.91. The Kier molecular flexibility index (Phi) is 4.48. The van der Waals surface area contributed by atoms with Gasteiger partial charge < -0.3 is 0 Å². The first-order chi connectivity index (χ1) is 8.63. The molecule has 1 aromatic rings. The van der Waals surface area contributed by atoms with Gasteiger partial charge in [0.25, 0.3) is 0 Å². The van der Waals surface area contributed by atoms with Crippen LogP contribution in [0.1, 0.15) is 37.3 Å². The maximum atomic E-state index is 13.9. The molecule has 1 aliphatic rings. The minimum absolute atomic E-state index is 0.00569. The van der Waals surface area contributed by atoms with Crippen molar-refractivity contribution < 1.29 is 8.78 Å². The van der Waals surface area contributed by atoms with Crippen LogP contribution in [0.2, 0.25) is 0 Å². The SMILES string of the molecule is NNC(C1=CCCCC1)c1c(F)cc(Br)cc1F. The van der Waals surface area contributed by atoms with Crippen molar-refractivity contribution in [2.45, 2.75) is 31.7 Å². The molecule has 18 heavy (non-hydrogen) atoms. The van der Waals surface area contributed by atoms with Gasteiger partial charge in [-0.3, -0.25) is 5.84 Å². The molecule has 0 heterocycles. The normalized spacial score (nSPS) is 17.4. The van der Waals surface area contributed by atoms with Gasteiger partial charge in [-0.1, -0.05) is 27.6 Å². The molecule has 98 valence electrons. The smallest absolute Gasteiger partial charge is 0.132 e. The summed E-state index contributed by atoms with van der Waals surface area (Å²) >= 11 is 3.07. The number of nitrogens with one attached hydrogen (secondary N) is 1. The van der Waals surface area contributed by atoms with Crippen LogP contribution in [-0.4, -0.2) is 0 Å². The Labute approximate surface area is 113 Å². The summed E-state index contributed by atoms with van der Waals surface area (Å²) in [4.78, 5) is 0. The van der Waals surface area contributed by atoms with E-state index < -0.39 is 17.7 Å². The largest absolute Gasteiger partial charge is 0.271 e. The molecule has 1 atom stereocenters. The molecule has 0 saturated carbocycles. The van der Waals surface area contributed by atoms with Crippen LogP contribution in [0, 0.1) is 11.6 Å². The molecular weight excluding hydrogens is 302 g/mol. The summed E-state index contributed by atoms with van der Waals surface area (Å²) in [6.07, 6.45) is 5.93. The highest BCUT2D eigenvalue weighted by Gasteiger charge is 2.24. The van der Waals surface area contributed by atoms with Crippen molar-refractivity contribution in [1.82, 2.24) is 5.43 Å². The zero-order valence-corrected chi connectivity index (χ0v) is 11.4. The van der Waals surface area contributed by atoms with E-state index >= 15 is 0 Å². The molecule has 3 N–H and O–H groups in total. The van der Waals surface area contributed by atoms with Crippen LogP contribution in [0.5, 0.6) is 0 Å². The summed E-state index contributed by atoms with van der Waals surface area (Å²) in [6, 6.07) is 1.93. The molecule has 0 amide bonds. The fraction of sp³-hybridized carbons (Fsp3) is 0.385. The van der Waals surface area contributed by atoms with Crippen molar-refractivity contribution in [3.05, 3.63) is 45.5 Å². The van der Waals surface area contributed by atoms with Crippen molar-refractivity contribution in [2.24, 2.45) is 5.84 Å². The van der Waals surface area contributed by atoms with Gasteiger partial charge in [0.1, 0.15) is 11.6 Å². The molecule has 2 rings (SSSR count). The average molecular weight is 317 g/mol. The summed E-state index contributed by atoms with van der Waals surface area (Å²) in [7, 11) is 0. The maximum absolute atomic E-state index is 13.9. The van der Waals surface area contributed by atoms with Gasteiger partial charge in [0, 0.05) is 10.0 Å². The van der Waals surface area contributed by atoms with E-state index in [1.54, 1.807) is 0 Å². The number of hydrogen-bond donors (Lipinski definition) is 2. The van der Waals surface area contributed by atoms with Crippen LogP contribution in [0.4, 0.5) is 8.78 Å². The van der Waals surface area contributed by atoms with E-state index in [0.29, 0.717) is 4.47 Å². The number of halogens is 3. The third-order valence-electron chi connectivity index (χ3n) is 3.20. The second-order valence-corrected chi connectivity index (χ2v) is 5.32.